The molecule has 1 rings (SSSR count). The quantitative estimate of drug-likeness (QED) is 0.455. The fourth-order valence-corrected chi connectivity index (χ4v) is 2.79. The van der Waals surface area contributed by atoms with Gasteiger partial charge in [0.1, 0.15) is 0 Å². The Balaban J connectivity index is 2.18. The Hall–Kier alpha value is -0.970. The highest BCUT2D eigenvalue weighted by Gasteiger charge is 2.22. The molecule has 4 nitrogen and oxygen atoms in total. The summed E-state index contributed by atoms with van der Waals surface area (Å²) in [6.45, 7) is 1.85. The van der Waals surface area contributed by atoms with Gasteiger partial charge in [0.25, 0.3) is 0 Å². The number of nitrogens with two attached hydrogens (primary N) is 1. The first-order valence-corrected chi connectivity index (χ1v) is 9.58. The number of aryl methyl sites for hydroxylation is 2. The Morgan fingerprint density at radius 3 is 2.08 bits per heavy atom. The SMILES string of the molecule is CCCCCCCCCCc1ccc(CCC(N)(CO)CO)cn1. The fraction of sp³-hybridized carbons (Fsp3) is 0.750. The number of hydrogen-bond donors (Lipinski definition) is 3. The number of aromatic nitrogens is 1. The van der Waals surface area contributed by atoms with Gasteiger partial charge in [-0.3, -0.25) is 4.98 Å². The lowest BCUT2D eigenvalue weighted by Gasteiger charge is -2.24. The molecule has 1 heterocycles. The first-order chi connectivity index (χ1) is 11.6. The molecule has 0 bridgehead atoms. The van der Waals surface area contributed by atoms with Gasteiger partial charge in [-0.25, -0.2) is 0 Å². The second kappa shape index (κ2) is 12.4. The summed E-state index contributed by atoms with van der Waals surface area (Å²) in [6, 6.07) is 4.18. The van der Waals surface area contributed by atoms with Crippen LogP contribution in [0.1, 0.15) is 76.0 Å². The van der Waals surface area contributed by atoms with Gasteiger partial charge in [0, 0.05) is 11.9 Å². The third kappa shape index (κ3) is 8.76. The van der Waals surface area contributed by atoms with Crippen molar-refractivity contribution in [2.24, 2.45) is 5.73 Å². The lowest BCUT2D eigenvalue weighted by Crippen LogP contribution is -2.47. The second-order valence-corrected chi connectivity index (χ2v) is 7.06. The first kappa shape index (κ1) is 21.1. The number of nitrogens with zero attached hydrogens (tertiary/aromatic N) is 1. The third-order valence-electron chi connectivity index (χ3n) is 4.71. The lowest BCUT2D eigenvalue weighted by molar-refractivity contribution is 0.115. The van der Waals surface area contributed by atoms with Crippen molar-refractivity contribution in [1.82, 2.24) is 4.98 Å². The summed E-state index contributed by atoms with van der Waals surface area (Å²) in [5.41, 5.74) is 7.24. The molecule has 0 aliphatic carbocycles. The highest BCUT2D eigenvalue weighted by Crippen LogP contribution is 2.13. The summed E-state index contributed by atoms with van der Waals surface area (Å²) in [6.07, 6.45) is 14.9. The topological polar surface area (TPSA) is 79.4 Å². The van der Waals surface area contributed by atoms with Crippen molar-refractivity contribution >= 4 is 0 Å². The molecule has 0 radical (unpaired) electrons. The molecule has 0 fully saturated rings. The van der Waals surface area contributed by atoms with Crippen molar-refractivity contribution in [1.29, 1.82) is 0 Å². The van der Waals surface area contributed by atoms with Crippen LogP contribution in [0.25, 0.3) is 0 Å². The van der Waals surface area contributed by atoms with Crippen LogP contribution >= 0.6 is 0 Å². The molecule has 0 saturated carbocycles. The van der Waals surface area contributed by atoms with Gasteiger partial charge in [0.05, 0.1) is 18.8 Å². The van der Waals surface area contributed by atoms with Crippen molar-refractivity contribution in [3.05, 3.63) is 29.6 Å². The van der Waals surface area contributed by atoms with E-state index >= 15 is 0 Å². The average molecular weight is 337 g/mol. The van der Waals surface area contributed by atoms with Crippen LogP contribution in [-0.2, 0) is 12.8 Å². The van der Waals surface area contributed by atoms with Crippen molar-refractivity contribution in [3.63, 3.8) is 0 Å². The van der Waals surface area contributed by atoms with E-state index in [1.807, 2.05) is 6.20 Å². The molecule has 0 saturated heterocycles. The third-order valence-corrected chi connectivity index (χ3v) is 4.71. The standard InChI is InChI=1S/C20H36N2O2/c1-2-3-4-5-6-7-8-9-10-19-12-11-18(15-22-19)13-14-20(21,16-23)17-24/h11-12,15,23-24H,2-10,13-14,16-17,21H2,1H3. The number of unbranched alkanes of at least 4 members (excludes halogenated alkanes) is 7. The van der Waals surface area contributed by atoms with E-state index < -0.39 is 5.54 Å². The summed E-state index contributed by atoms with van der Waals surface area (Å²) in [5.74, 6) is 0. The summed E-state index contributed by atoms with van der Waals surface area (Å²) in [4.78, 5) is 4.52. The molecule has 0 unspecified atom stereocenters. The minimum Gasteiger partial charge on any atom is -0.394 e. The summed E-state index contributed by atoms with van der Waals surface area (Å²) < 4.78 is 0. The van der Waals surface area contributed by atoms with Crippen molar-refractivity contribution in [2.45, 2.75) is 83.1 Å². The molecule has 0 atom stereocenters. The maximum absolute atomic E-state index is 9.21. The molecule has 1 aromatic rings. The normalized spacial score (nSPS) is 11.8. The van der Waals surface area contributed by atoms with Crippen molar-refractivity contribution < 1.29 is 10.2 Å². The average Bonchev–Trinajstić information content (AvgIpc) is 2.63. The zero-order valence-electron chi connectivity index (χ0n) is 15.3. The predicted molar refractivity (Wildman–Crippen MR) is 100.0 cm³/mol. The van der Waals surface area contributed by atoms with Crippen LogP contribution in [0, 0.1) is 0 Å². The van der Waals surface area contributed by atoms with E-state index in [-0.39, 0.29) is 13.2 Å². The van der Waals surface area contributed by atoms with Crippen LogP contribution < -0.4 is 5.73 Å². The van der Waals surface area contributed by atoms with Gasteiger partial charge in [-0.05, 0) is 37.3 Å². The Morgan fingerprint density at radius 2 is 1.54 bits per heavy atom. The maximum atomic E-state index is 9.21. The molecular weight excluding hydrogens is 300 g/mol. The molecule has 4 N–H and O–H groups in total. The predicted octanol–water partition coefficient (Wildman–Crippen LogP) is 3.38. The Kier molecular flexibility index (Phi) is 10.9. The molecule has 1 aromatic heterocycles. The van der Waals surface area contributed by atoms with Crippen molar-refractivity contribution in [2.75, 3.05) is 13.2 Å². The highest BCUT2D eigenvalue weighted by molar-refractivity contribution is 5.15. The molecule has 0 spiro atoms. The van der Waals surface area contributed by atoms with E-state index in [2.05, 4.69) is 24.0 Å². The van der Waals surface area contributed by atoms with E-state index in [4.69, 9.17) is 5.73 Å². The molecule has 0 aromatic carbocycles. The molecular formula is C20H36N2O2. The number of pyridine rings is 1. The van der Waals surface area contributed by atoms with Gasteiger partial charge in [0.15, 0.2) is 0 Å². The minimum atomic E-state index is -0.893. The van der Waals surface area contributed by atoms with Crippen LogP contribution in [-0.4, -0.2) is 33.9 Å². The van der Waals surface area contributed by atoms with Gasteiger partial charge < -0.3 is 15.9 Å². The van der Waals surface area contributed by atoms with Gasteiger partial charge in [-0.15, -0.1) is 0 Å². The second-order valence-electron chi connectivity index (χ2n) is 7.06. The fourth-order valence-electron chi connectivity index (χ4n) is 2.79. The smallest absolute Gasteiger partial charge is 0.0633 e. The minimum absolute atomic E-state index is 0.201. The van der Waals surface area contributed by atoms with E-state index in [1.54, 1.807) is 0 Å². The van der Waals surface area contributed by atoms with Crippen LogP contribution in [0.3, 0.4) is 0 Å². The molecule has 24 heavy (non-hydrogen) atoms. The largest absolute Gasteiger partial charge is 0.394 e. The van der Waals surface area contributed by atoms with Crippen LogP contribution in [0.2, 0.25) is 0 Å². The maximum Gasteiger partial charge on any atom is 0.0633 e. The Bertz CT molecular complexity index is 416. The summed E-state index contributed by atoms with van der Waals surface area (Å²) in [7, 11) is 0. The van der Waals surface area contributed by atoms with Gasteiger partial charge in [0.2, 0.25) is 0 Å². The molecule has 0 aliphatic rings. The van der Waals surface area contributed by atoms with E-state index in [0.29, 0.717) is 6.42 Å². The highest BCUT2D eigenvalue weighted by atomic mass is 16.3. The number of rotatable bonds is 14. The van der Waals surface area contributed by atoms with E-state index in [1.165, 1.54) is 51.4 Å². The molecule has 0 aliphatic heterocycles. The van der Waals surface area contributed by atoms with E-state index in [9.17, 15) is 10.2 Å². The number of aliphatic hydroxyl groups excluding tert-OH is 2. The van der Waals surface area contributed by atoms with Gasteiger partial charge >= 0.3 is 0 Å². The lowest BCUT2D eigenvalue weighted by atomic mass is 9.94. The van der Waals surface area contributed by atoms with Gasteiger partial charge in [-0.2, -0.15) is 0 Å². The molecule has 138 valence electrons. The van der Waals surface area contributed by atoms with Crippen molar-refractivity contribution in [3.8, 4) is 0 Å². The summed E-state index contributed by atoms with van der Waals surface area (Å²) >= 11 is 0. The first-order valence-electron chi connectivity index (χ1n) is 9.58. The summed E-state index contributed by atoms with van der Waals surface area (Å²) in [5, 5.41) is 18.4. The molecule has 4 heteroatoms. The Labute approximate surface area is 147 Å². The monoisotopic (exact) mass is 336 g/mol. The van der Waals surface area contributed by atoms with Gasteiger partial charge in [-0.1, -0.05) is 57.9 Å². The number of hydrogen-bond acceptors (Lipinski definition) is 4. The zero-order valence-corrected chi connectivity index (χ0v) is 15.3. The molecule has 0 amide bonds. The zero-order chi connectivity index (χ0) is 17.7. The Morgan fingerprint density at radius 1 is 0.917 bits per heavy atom. The van der Waals surface area contributed by atoms with E-state index in [0.717, 1.165) is 24.1 Å². The van der Waals surface area contributed by atoms with Crippen LogP contribution in [0.15, 0.2) is 18.3 Å². The number of aliphatic hydroxyl groups is 2. The van der Waals surface area contributed by atoms with Crippen LogP contribution in [0.5, 0.6) is 0 Å². The van der Waals surface area contributed by atoms with Crippen LogP contribution in [0.4, 0.5) is 0 Å².